The molecule has 1 aromatic heterocycles. The van der Waals surface area contributed by atoms with Crippen LogP contribution in [-0.4, -0.2) is 87.7 Å². The molecule has 4 N–H and O–H groups in total. The Labute approximate surface area is 224 Å². The Morgan fingerprint density at radius 3 is 2.57 bits per heavy atom. The van der Waals surface area contributed by atoms with E-state index >= 15 is 0 Å². The quantitative estimate of drug-likeness (QED) is 0.503. The number of benzene rings is 1. The molecule has 3 aliphatic rings. The molecule has 1 amide bonds. The number of nitrogen functional groups attached to an aromatic ring is 1. The van der Waals surface area contributed by atoms with Crippen LogP contribution in [0.5, 0.6) is 0 Å². The van der Waals surface area contributed by atoms with E-state index in [2.05, 4.69) is 68.1 Å². The first-order valence-corrected chi connectivity index (χ1v) is 13.8. The summed E-state index contributed by atoms with van der Waals surface area (Å²) < 4.78 is 0. The number of rotatable bonds is 7. The Morgan fingerprint density at radius 1 is 1.14 bits per heavy atom. The summed E-state index contributed by atoms with van der Waals surface area (Å²) in [5.41, 5.74) is 8.76. The lowest BCUT2D eigenvalue weighted by molar-refractivity contribution is -0.0350. The molecular weight excluding hydrogens is 490 g/mol. The number of aryl methyl sites for hydroxylation is 1. The van der Waals surface area contributed by atoms with E-state index in [0.717, 1.165) is 45.3 Å². The van der Waals surface area contributed by atoms with Gasteiger partial charge in [-0.25, -0.2) is 9.97 Å². The fraction of sp³-hybridized carbons (Fsp3) is 0.593. The second-order valence-electron chi connectivity index (χ2n) is 10.7. The molecule has 9 nitrogen and oxygen atoms in total. The monoisotopic (exact) mass is 527 g/mol. The third kappa shape index (κ3) is 6.00. The van der Waals surface area contributed by atoms with Gasteiger partial charge in [-0.05, 0) is 38.2 Å². The van der Waals surface area contributed by atoms with Gasteiger partial charge in [0.2, 0.25) is 0 Å². The topological polar surface area (TPSA) is 111 Å². The van der Waals surface area contributed by atoms with Gasteiger partial charge < -0.3 is 21.1 Å². The van der Waals surface area contributed by atoms with Crippen molar-refractivity contribution in [1.29, 1.82) is 0 Å². The molecule has 1 aromatic carbocycles. The van der Waals surface area contributed by atoms with Crippen molar-refractivity contribution in [3.63, 3.8) is 0 Å². The Kier molecular flexibility index (Phi) is 7.85. The van der Waals surface area contributed by atoms with Gasteiger partial charge in [0, 0.05) is 57.4 Å². The highest BCUT2D eigenvalue weighted by atomic mass is 35.5. The number of carbonyl (C=O) groups excluding carboxylic acids is 1. The first-order valence-electron chi connectivity index (χ1n) is 13.4. The molecule has 1 aliphatic carbocycles. The molecule has 200 valence electrons. The molecule has 0 bridgehead atoms. The van der Waals surface area contributed by atoms with Crippen LogP contribution in [0.1, 0.15) is 54.2 Å². The number of halogens is 1. The van der Waals surface area contributed by atoms with Gasteiger partial charge in [0.25, 0.3) is 5.91 Å². The van der Waals surface area contributed by atoms with Crippen LogP contribution in [0, 0.1) is 6.92 Å². The lowest BCUT2D eigenvalue weighted by Crippen LogP contribution is -2.62. The second-order valence-corrected chi connectivity index (χ2v) is 11.1. The fourth-order valence-electron chi connectivity index (χ4n) is 5.60. The second kappa shape index (κ2) is 11.1. The van der Waals surface area contributed by atoms with Gasteiger partial charge in [-0.3, -0.25) is 14.6 Å². The number of aliphatic hydroxyl groups is 1. The van der Waals surface area contributed by atoms with Gasteiger partial charge in [-0.1, -0.05) is 48.4 Å². The van der Waals surface area contributed by atoms with Crippen molar-refractivity contribution in [3.8, 4) is 0 Å². The molecular formula is C27H38ClN7O2. The van der Waals surface area contributed by atoms with Crippen molar-refractivity contribution >= 4 is 29.1 Å². The highest BCUT2D eigenvalue weighted by Gasteiger charge is 2.38. The largest absolute Gasteiger partial charge is 0.390 e. The first kappa shape index (κ1) is 26.2. The molecule has 2 aliphatic heterocycles. The molecule has 10 heteroatoms. The van der Waals surface area contributed by atoms with Gasteiger partial charge in [0.1, 0.15) is 0 Å². The Hall–Kier alpha value is -2.46. The SMILES string of the molecule is CC[C@H]1CN(c2nc(N)c(C(=O)NC3CC3)nc2Cl)CCN1C1CCN(Cc2ccc(C)cc2)CC1O. The van der Waals surface area contributed by atoms with Crippen LogP contribution in [0.3, 0.4) is 0 Å². The third-order valence-electron chi connectivity index (χ3n) is 7.87. The van der Waals surface area contributed by atoms with Crippen molar-refractivity contribution in [1.82, 2.24) is 25.1 Å². The molecule has 0 radical (unpaired) electrons. The summed E-state index contributed by atoms with van der Waals surface area (Å²) in [6.45, 7) is 8.98. The standard InChI is InChI=1S/C27H38ClN7O2/c1-3-20-15-34(26-24(28)31-23(25(29)32-26)27(37)30-19-8-9-19)12-13-35(20)21-10-11-33(16-22(21)36)14-18-6-4-17(2)5-7-18/h4-7,19-22,36H,3,8-16H2,1-2H3,(H2,29,32)(H,30,37)/t20-,21?,22?/m0/s1. The minimum Gasteiger partial charge on any atom is -0.390 e. The van der Waals surface area contributed by atoms with Crippen LogP contribution in [0.15, 0.2) is 24.3 Å². The van der Waals surface area contributed by atoms with Crippen molar-refractivity contribution in [2.24, 2.45) is 0 Å². The number of aromatic nitrogens is 2. The predicted octanol–water partition coefficient (Wildman–Crippen LogP) is 2.45. The Bertz CT molecular complexity index is 1110. The van der Waals surface area contributed by atoms with Crippen molar-refractivity contribution < 1.29 is 9.90 Å². The van der Waals surface area contributed by atoms with E-state index < -0.39 is 6.10 Å². The number of piperazine rings is 1. The van der Waals surface area contributed by atoms with E-state index in [4.69, 9.17) is 17.3 Å². The predicted molar refractivity (Wildman–Crippen MR) is 146 cm³/mol. The minimum atomic E-state index is -0.400. The molecule has 5 rings (SSSR count). The molecule has 1 saturated carbocycles. The number of likely N-dealkylation sites (tertiary alicyclic amines) is 1. The van der Waals surface area contributed by atoms with E-state index in [0.29, 0.717) is 25.5 Å². The molecule has 2 saturated heterocycles. The zero-order valence-corrected chi connectivity index (χ0v) is 22.5. The van der Waals surface area contributed by atoms with Crippen LogP contribution in [0.25, 0.3) is 0 Å². The van der Waals surface area contributed by atoms with Crippen molar-refractivity contribution in [2.45, 2.75) is 70.3 Å². The van der Waals surface area contributed by atoms with Gasteiger partial charge in [0.15, 0.2) is 22.5 Å². The number of amides is 1. The van der Waals surface area contributed by atoms with Gasteiger partial charge >= 0.3 is 0 Å². The van der Waals surface area contributed by atoms with Gasteiger partial charge in [-0.2, -0.15) is 0 Å². The highest BCUT2D eigenvalue weighted by Crippen LogP contribution is 2.30. The van der Waals surface area contributed by atoms with E-state index in [9.17, 15) is 9.90 Å². The number of aliphatic hydroxyl groups excluding tert-OH is 1. The summed E-state index contributed by atoms with van der Waals surface area (Å²) in [5, 5.41) is 14.2. The zero-order valence-electron chi connectivity index (χ0n) is 21.7. The number of carbonyl (C=O) groups is 1. The molecule has 3 atom stereocenters. The number of nitrogens with zero attached hydrogens (tertiary/aromatic N) is 5. The van der Waals surface area contributed by atoms with Crippen molar-refractivity contribution in [2.75, 3.05) is 43.4 Å². The number of hydrogen-bond acceptors (Lipinski definition) is 8. The number of anilines is 2. The number of β-amino-alcohol motifs (C(OH)–C–C–N with tert-alkyl or cyclic N) is 1. The van der Waals surface area contributed by atoms with Gasteiger partial charge in [0.05, 0.1) is 6.10 Å². The summed E-state index contributed by atoms with van der Waals surface area (Å²) in [5.74, 6) is 0.304. The van der Waals surface area contributed by atoms with E-state index in [1.807, 2.05) is 0 Å². The number of nitrogens with two attached hydrogens (primary N) is 1. The summed E-state index contributed by atoms with van der Waals surface area (Å²) in [6.07, 6.45) is 3.43. The Morgan fingerprint density at radius 2 is 1.89 bits per heavy atom. The summed E-state index contributed by atoms with van der Waals surface area (Å²) >= 11 is 6.51. The maximum Gasteiger partial charge on any atom is 0.274 e. The Balaban J connectivity index is 1.21. The smallest absolute Gasteiger partial charge is 0.274 e. The van der Waals surface area contributed by atoms with Crippen LogP contribution in [0.2, 0.25) is 5.15 Å². The molecule has 2 aromatic rings. The lowest BCUT2D eigenvalue weighted by Gasteiger charge is -2.49. The van der Waals surface area contributed by atoms with E-state index in [-0.39, 0.29) is 40.7 Å². The third-order valence-corrected chi connectivity index (χ3v) is 8.13. The number of nitrogens with one attached hydrogen (secondary N) is 1. The molecule has 3 heterocycles. The minimum absolute atomic E-state index is 0.0897. The summed E-state index contributed by atoms with van der Waals surface area (Å²) in [6, 6.07) is 9.21. The molecule has 37 heavy (non-hydrogen) atoms. The van der Waals surface area contributed by atoms with Crippen molar-refractivity contribution in [3.05, 3.63) is 46.2 Å². The van der Waals surface area contributed by atoms with Crippen LogP contribution in [-0.2, 0) is 6.54 Å². The summed E-state index contributed by atoms with van der Waals surface area (Å²) in [4.78, 5) is 28.2. The van der Waals surface area contributed by atoms with Crippen LogP contribution >= 0.6 is 11.6 Å². The highest BCUT2D eigenvalue weighted by molar-refractivity contribution is 6.32. The maximum atomic E-state index is 12.4. The average Bonchev–Trinajstić information content (AvgIpc) is 3.70. The fourth-order valence-corrected chi connectivity index (χ4v) is 5.84. The average molecular weight is 528 g/mol. The molecule has 2 unspecified atom stereocenters. The van der Waals surface area contributed by atoms with Gasteiger partial charge in [-0.15, -0.1) is 0 Å². The van der Waals surface area contributed by atoms with Crippen LogP contribution in [0.4, 0.5) is 11.6 Å². The zero-order chi connectivity index (χ0) is 26.1. The van der Waals surface area contributed by atoms with Crippen LogP contribution < -0.4 is 16.0 Å². The maximum absolute atomic E-state index is 12.4. The van der Waals surface area contributed by atoms with E-state index in [1.54, 1.807) is 0 Å². The molecule has 0 spiro atoms. The number of piperidine rings is 1. The number of hydrogen-bond donors (Lipinski definition) is 3. The normalized spacial score (nSPS) is 25.3. The van der Waals surface area contributed by atoms with E-state index in [1.165, 1.54) is 11.1 Å². The summed E-state index contributed by atoms with van der Waals surface area (Å²) in [7, 11) is 0. The lowest BCUT2D eigenvalue weighted by atomic mass is 9.95. The first-order chi connectivity index (χ1) is 17.8. The molecule has 3 fully saturated rings.